The van der Waals surface area contributed by atoms with Crippen molar-refractivity contribution in [2.24, 2.45) is 0 Å². The molecule has 10 heteroatoms. The van der Waals surface area contributed by atoms with E-state index in [4.69, 9.17) is 11.6 Å². The Labute approximate surface area is 147 Å². The van der Waals surface area contributed by atoms with Crippen molar-refractivity contribution in [1.29, 1.82) is 0 Å². The Morgan fingerprint density at radius 1 is 0.800 bits per heavy atom. The standard InChI is InChI=1S/C15H8ClF2NO4S2/c16-13-8-15(9-1-3-10(4-2-9)24(17,20)21)19-14-6-5-11(7-12(13)14)25(18,22)23/h1-8H. The summed E-state index contributed by atoms with van der Waals surface area (Å²) in [4.78, 5) is 3.26. The summed E-state index contributed by atoms with van der Waals surface area (Å²) in [5, 5.41) is 0.375. The lowest BCUT2D eigenvalue weighted by Gasteiger charge is -2.07. The summed E-state index contributed by atoms with van der Waals surface area (Å²) in [6.45, 7) is 0. The van der Waals surface area contributed by atoms with Crippen LogP contribution in [-0.4, -0.2) is 21.8 Å². The van der Waals surface area contributed by atoms with Gasteiger partial charge >= 0.3 is 20.4 Å². The summed E-state index contributed by atoms with van der Waals surface area (Å²) in [6, 6.07) is 9.74. The smallest absolute Gasteiger partial charge is 0.248 e. The van der Waals surface area contributed by atoms with Crippen LogP contribution >= 0.6 is 11.6 Å². The zero-order valence-corrected chi connectivity index (χ0v) is 14.5. The number of hydrogen-bond donors (Lipinski definition) is 0. The minimum atomic E-state index is -4.87. The highest BCUT2D eigenvalue weighted by atomic mass is 35.5. The number of nitrogens with zero attached hydrogens (tertiary/aromatic N) is 1. The molecule has 0 aliphatic carbocycles. The second kappa shape index (κ2) is 6.01. The molecule has 0 atom stereocenters. The minimum Gasteiger partial charge on any atom is -0.248 e. The van der Waals surface area contributed by atoms with Crippen LogP contribution in [0.3, 0.4) is 0 Å². The summed E-state index contributed by atoms with van der Waals surface area (Å²) in [5.74, 6) is 0. The first-order valence-corrected chi connectivity index (χ1v) is 9.80. The van der Waals surface area contributed by atoms with Gasteiger partial charge in [0, 0.05) is 10.9 Å². The van der Waals surface area contributed by atoms with Crippen LogP contribution in [0.2, 0.25) is 5.02 Å². The third-order valence-corrected chi connectivity index (χ3v) is 5.41. The van der Waals surface area contributed by atoms with Crippen molar-refractivity contribution in [1.82, 2.24) is 4.98 Å². The first kappa shape index (κ1) is 17.7. The molecule has 0 saturated carbocycles. The van der Waals surface area contributed by atoms with E-state index in [0.717, 1.165) is 24.3 Å². The Hall–Kier alpha value is -2.10. The lowest BCUT2D eigenvalue weighted by Crippen LogP contribution is -1.94. The van der Waals surface area contributed by atoms with E-state index in [1.807, 2.05) is 0 Å². The topological polar surface area (TPSA) is 81.2 Å². The molecule has 3 aromatic rings. The van der Waals surface area contributed by atoms with Crippen LogP contribution in [0.1, 0.15) is 0 Å². The molecule has 0 unspecified atom stereocenters. The van der Waals surface area contributed by atoms with Crippen LogP contribution in [0.25, 0.3) is 22.2 Å². The number of halogens is 3. The number of fused-ring (bicyclic) bond motifs is 1. The highest BCUT2D eigenvalue weighted by Gasteiger charge is 2.15. The molecule has 130 valence electrons. The third kappa shape index (κ3) is 3.63. The highest BCUT2D eigenvalue weighted by molar-refractivity contribution is 7.86. The van der Waals surface area contributed by atoms with E-state index in [9.17, 15) is 24.6 Å². The fourth-order valence-electron chi connectivity index (χ4n) is 2.25. The Balaban J connectivity index is 2.13. The van der Waals surface area contributed by atoms with Gasteiger partial charge in [0.2, 0.25) is 0 Å². The molecule has 3 rings (SSSR count). The molecule has 0 amide bonds. The number of hydrogen-bond acceptors (Lipinski definition) is 5. The van der Waals surface area contributed by atoms with Crippen LogP contribution in [0.4, 0.5) is 7.77 Å². The lowest BCUT2D eigenvalue weighted by atomic mass is 10.1. The van der Waals surface area contributed by atoms with Crippen molar-refractivity contribution in [3.05, 3.63) is 53.6 Å². The van der Waals surface area contributed by atoms with E-state index in [2.05, 4.69) is 4.98 Å². The van der Waals surface area contributed by atoms with Gasteiger partial charge in [0.25, 0.3) is 0 Å². The van der Waals surface area contributed by atoms with Crippen molar-refractivity contribution in [3.63, 3.8) is 0 Å². The van der Waals surface area contributed by atoms with Crippen molar-refractivity contribution in [2.75, 3.05) is 0 Å². The maximum absolute atomic E-state index is 13.1. The summed E-state index contributed by atoms with van der Waals surface area (Å²) in [7, 11) is -9.67. The molecule has 0 aliphatic rings. The molecule has 2 aromatic carbocycles. The van der Waals surface area contributed by atoms with Crippen molar-refractivity contribution < 1.29 is 24.6 Å². The van der Waals surface area contributed by atoms with E-state index in [1.165, 1.54) is 24.3 Å². The molecule has 0 bridgehead atoms. The van der Waals surface area contributed by atoms with Crippen LogP contribution in [-0.2, 0) is 20.4 Å². The molecule has 0 spiro atoms. The van der Waals surface area contributed by atoms with Crippen LogP contribution in [0.5, 0.6) is 0 Å². The fraction of sp³-hybridized carbons (Fsp3) is 0. The second-order valence-corrected chi connectivity index (χ2v) is 8.17. The first-order chi connectivity index (χ1) is 11.6. The van der Waals surface area contributed by atoms with Gasteiger partial charge in [-0.15, -0.1) is 7.77 Å². The molecule has 1 heterocycles. The molecular weight excluding hydrogens is 396 g/mol. The van der Waals surface area contributed by atoms with E-state index >= 15 is 0 Å². The number of rotatable bonds is 3. The first-order valence-electron chi connectivity index (χ1n) is 6.66. The maximum atomic E-state index is 13.1. The highest BCUT2D eigenvalue weighted by Crippen LogP contribution is 2.30. The number of pyridine rings is 1. The normalized spacial score (nSPS) is 12.4. The SMILES string of the molecule is O=S(=O)(F)c1ccc(-c2cc(Cl)c3cc(S(=O)(=O)F)ccc3n2)cc1. The molecule has 25 heavy (non-hydrogen) atoms. The van der Waals surface area contributed by atoms with Gasteiger partial charge in [0.1, 0.15) is 0 Å². The number of aromatic nitrogens is 1. The molecule has 1 aromatic heterocycles. The average Bonchev–Trinajstić information content (AvgIpc) is 2.53. The Kier molecular flexibility index (Phi) is 4.26. The van der Waals surface area contributed by atoms with Crippen LogP contribution < -0.4 is 0 Å². The number of benzene rings is 2. The monoisotopic (exact) mass is 403 g/mol. The van der Waals surface area contributed by atoms with Gasteiger partial charge in [0.15, 0.2) is 0 Å². The second-order valence-electron chi connectivity index (χ2n) is 5.07. The van der Waals surface area contributed by atoms with Crippen LogP contribution in [0.15, 0.2) is 58.3 Å². The summed E-state index contributed by atoms with van der Waals surface area (Å²) in [6.07, 6.45) is 0. The predicted molar refractivity (Wildman–Crippen MR) is 88.8 cm³/mol. The van der Waals surface area contributed by atoms with Crippen molar-refractivity contribution in [3.8, 4) is 11.3 Å². The molecule has 0 saturated heterocycles. The quantitative estimate of drug-likeness (QED) is 0.620. The lowest BCUT2D eigenvalue weighted by molar-refractivity contribution is 0.550. The molecule has 0 fully saturated rings. The van der Waals surface area contributed by atoms with Crippen molar-refractivity contribution >= 4 is 43.0 Å². The Bertz CT molecular complexity index is 1190. The average molecular weight is 404 g/mol. The van der Waals surface area contributed by atoms with Crippen molar-refractivity contribution in [2.45, 2.75) is 9.79 Å². The third-order valence-electron chi connectivity index (χ3n) is 3.44. The molecule has 0 aliphatic heterocycles. The Morgan fingerprint density at radius 3 is 1.92 bits per heavy atom. The molecule has 5 nitrogen and oxygen atoms in total. The van der Waals surface area contributed by atoms with Gasteiger partial charge in [-0.3, -0.25) is 0 Å². The van der Waals surface area contributed by atoms with Gasteiger partial charge in [-0.1, -0.05) is 23.7 Å². The summed E-state index contributed by atoms with van der Waals surface area (Å²) in [5.41, 5.74) is 1.15. The van der Waals surface area contributed by atoms with E-state index in [-0.39, 0.29) is 10.4 Å². The van der Waals surface area contributed by atoms with Crippen LogP contribution in [0, 0.1) is 0 Å². The van der Waals surface area contributed by atoms with Gasteiger partial charge < -0.3 is 0 Å². The van der Waals surface area contributed by atoms with E-state index in [1.54, 1.807) is 0 Å². The summed E-state index contributed by atoms with van der Waals surface area (Å²) >= 11 is 6.12. The zero-order chi connectivity index (χ0) is 18.4. The molecular formula is C15H8ClF2NO4S2. The van der Waals surface area contributed by atoms with Gasteiger partial charge in [0.05, 0.1) is 26.0 Å². The van der Waals surface area contributed by atoms with E-state index < -0.39 is 30.2 Å². The Morgan fingerprint density at radius 2 is 1.36 bits per heavy atom. The largest absolute Gasteiger partial charge is 0.332 e. The zero-order valence-electron chi connectivity index (χ0n) is 12.1. The minimum absolute atomic E-state index is 0.132. The van der Waals surface area contributed by atoms with Gasteiger partial charge in [-0.25, -0.2) is 4.98 Å². The fourth-order valence-corrected chi connectivity index (χ4v) is 3.46. The van der Waals surface area contributed by atoms with Gasteiger partial charge in [-0.2, -0.15) is 16.8 Å². The van der Waals surface area contributed by atoms with E-state index in [0.29, 0.717) is 16.8 Å². The predicted octanol–water partition coefficient (Wildman–Crippen LogP) is 3.87. The molecule has 0 radical (unpaired) electrons. The maximum Gasteiger partial charge on any atom is 0.332 e. The summed E-state index contributed by atoms with van der Waals surface area (Å²) < 4.78 is 69.6. The molecule has 0 N–H and O–H groups in total. The van der Waals surface area contributed by atoms with Gasteiger partial charge in [-0.05, 0) is 36.4 Å².